The Bertz CT molecular complexity index is 238. The first-order chi connectivity index (χ1) is 5.00. The van der Waals surface area contributed by atoms with E-state index in [1.807, 2.05) is 0 Å². The molecule has 1 rings (SSSR count). The summed E-state index contributed by atoms with van der Waals surface area (Å²) >= 11 is 0. The Balaban J connectivity index is 2.99. The van der Waals surface area contributed by atoms with Crippen molar-refractivity contribution in [3.8, 4) is 5.75 Å². The van der Waals surface area contributed by atoms with Crippen molar-refractivity contribution in [1.82, 2.24) is 0 Å². The summed E-state index contributed by atoms with van der Waals surface area (Å²) in [5.74, 6) is 0.0204. The molecule has 4 N–H and O–H groups in total. The Kier molecular flexibility index (Phi) is 2.11. The second-order valence-electron chi connectivity index (χ2n) is 2.18. The van der Waals surface area contributed by atoms with Crippen molar-refractivity contribution in [2.24, 2.45) is 0 Å². The summed E-state index contributed by atoms with van der Waals surface area (Å²) in [6, 6.07) is 5.09. The van der Waals surface area contributed by atoms with Crippen LogP contribution < -0.4 is 5.30 Å². The molecule has 0 amide bonds. The number of hydrogen-bond donors (Lipinski definition) is 4. The van der Waals surface area contributed by atoms with E-state index < -0.39 is 7.94 Å². The fourth-order valence-corrected chi connectivity index (χ4v) is 1.30. The van der Waals surface area contributed by atoms with E-state index in [4.69, 9.17) is 19.8 Å². The van der Waals surface area contributed by atoms with Gasteiger partial charge in [-0.3, -0.25) is 0 Å². The third-order valence-electron chi connectivity index (χ3n) is 1.25. The monoisotopic (exact) mass is 176 g/mol. The number of benzene rings is 1. The topological polar surface area (TPSA) is 80.9 Å². The van der Waals surface area contributed by atoms with E-state index in [0.29, 0.717) is 0 Å². The Hall–Kier alpha value is -0.670. The Morgan fingerprint density at radius 1 is 0.909 bits per heavy atom. The molecule has 0 atom stereocenters. The van der Waals surface area contributed by atoms with Crippen LogP contribution in [0.1, 0.15) is 0 Å². The van der Waals surface area contributed by atoms with Gasteiger partial charge < -0.3 is 0 Å². The van der Waals surface area contributed by atoms with Gasteiger partial charge in [0, 0.05) is 0 Å². The summed E-state index contributed by atoms with van der Waals surface area (Å²) < 4.78 is 0. The zero-order valence-electron chi connectivity index (χ0n) is 5.60. The molecule has 11 heavy (non-hydrogen) atoms. The van der Waals surface area contributed by atoms with Gasteiger partial charge in [0.1, 0.15) is 0 Å². The van der Waals surface area contributed by atoms with Crippen LogP contribution >= 0.6 is 7.94 Å². The van der Waals surface area contributed by atoms with Crippen LogP contribution in [0.3, 0.4) is 0 Å². The van der Waals surface area contributed by atoms with Crippen molar-refractivity contribution in [3.63, 3.8) is 0 Å². The van der Waals surface area contributed by atoms with Gasteiger partial charge in [0.15, 0.2) is 0 Å². The first-order valence-electron chi connectivity index (χ1n) is 2.97. The number of phenols is 1. The van der Waals surface area contributed by atoms with Gasteiger partial charge >= 0.3 is 63.0 Å². The summed E-state index contributed by atoms with van der Waals surface area (Å²) in [7, 11) is -4.17. The van der Waals surface area contributed by atoms with Gasteiger partial charge in [-0.2, -0.15) is 0 Å². The molecule has 0 aliphatic heterocycles. The van der Waals surface area contributed by atoms with Crippen LogP contribution in [0.15, 0.2) is 24.3 Å². The van der Waals surface area contributed by atoms with E-state index in [2.05, 4.69) is 0 Å². The predicted molar refractivity (Wildman–Crippen MR) is 42.7 cm³/mol. The normalized spacial score (nSPS) is 13.0. The van der Waals surface area contributed by atoms with E-state index in [-0.39, 0.29) is 11.1 Å². The third-order valence-corrected chi connectivity index (χ3v) is 2.36. The Labute approximate surface area is 64.0 Å². The van der Waals surface area contributed by atoms with E-state index in [0.717, 1.165) is 0 Å². The van der Waals surface area contributed by atoms with Crippen LogP contribution in [-0.2, 0) is 0 Å². The van der Waals surface area contributed by atoms with Crippen molar-refractivity contribution >= 4 is 13.2 Å². The van der Waals surface area contributed by atoms with E-state index >= 15 is 0 Å². The van der Waals surface area contributed by atoms with Gasteiger partial charge in [-0.25, -0.2) is 0 Å². The molecule has 62 valence electrons. The van der Waals surface area contributed by atoms with Crippen LogP contribution in [0.2, 0.25) is 0 Å². The molecule has 4 nitrogen and oxygen atoms in total. The van der Waals surface area contributed by atoms with Crippen LogP contribution in [0, 0.1) is 0 Å². The third kappa shape index (κ3) is 2.13. The maximum atomic E-state index is 8.79. The zero-order valence-corrected chi connectivity index (χ0v) is 6.60. The van der Waals surface area contributed by atoms with Gasteiger partial charge in [-0.1, -0.05) is 0 Å². The molecule has 0 heterocycles. The molecule has 0 aliphatic carbocycles. The molecule has 0 fully saturated rings. The van der Waals surface area contributed by atoms with E-state index in [1.165, 1.54) is 24.3 Å². The SMILES string of the molecule is Oc1ccc([PH](O)(O)O)cc1. The second-order valence-corrected chi connectivity index (χ2v) is 4.03. The molecule has 0 aromatic heterocycles. The van der Waals surface area contributed by atoms with Crippen LogP contribution in [0.5, 0.6) is 5.75 Å². The first kappa shape index (κ1) is 8.43. The molecule has 5 heteroatoms. The molecule has 0 saturated carbocycles. The molecule has 0 spiro atoms. The maximum absolute atomic E-state index is 8.79. The summed E-state index contributed by atoms with van der Waals surface area (Å²) in [5.41, 5.74) is 0. The van der Waals surface area contributed by atoms with Crippen LogP contribution in [0.4, 0.5) is 0 Å². The number of aromatic hydroxyl groups is 1. The second kappa shape index (κ2) is 2.75. The van der Waals surface area contributed by atoms with E-state index in [9.17, 15) is 0 Å². The molecular formula is C6H9O4P. The predicted octanol–water partition coefficient (Wildman–Crippen LogP) is -0.511. The minimum atomic E-state index is -4.17. The van der Waals surface area contributed by atoms with Crippen molar-refractivity contribution in [1.29, 1.82) is 0 Å². The summed E-state index contributed by atoms with van der Waals surface area (Å²) in [5, 5.41) is 8.84. The van der Waals surface area contributed by atoms with Crippen LogP contribution in [-0.4, -0.2) is 19.8 Å². The molecule has 1 aromatic carbocycles. The minimum absolute atomic E-state index is 0.0204. The van der Waals surface area contributed by atoms with Gasteiger partial charge in [0.2, 0.25) is 0 Å². The quantitative estimate of drug-likeness (QED) is 0.434. The number of rotatable bonds is 1. The molecule has 1 aromatic rings. The fraction of sp³-hybridized carbons (Fsp3) is 0. The average Bonchev–Trinajstić information content (AvgIpc) is 1.86. The Morgan fingerprint density at radius 3 is 1.73 bits per heavy atom. The summed E-state index contributed by atoms with van der Waals surface area (Å²) in [6.07, 6.45) is 0. The van der Waals surface area contributed by atoms with Gasteiger partial charge in [0.05, 0.1) is 0 Å². The first-order valence-corrected chi connectivity index (χ1v) is 4.81. The molecule has 0 unspecified atom stereocenters. The summed E-state index contributed by atoms with van der Waals surface area (Å²) in [6.45, 7) is 0. The van der Waals surface area contributed by atoms with Crippen LogP contribution in [0.25, 0.3) is 0 Å². The average molecular weight is 176 g/mol. The fourth-order valence-electron chi connectivity index (χ4n) is 0.685. The Morgan fingerprint density at radius 2 is 1.36 bits per heavy atom. The standard InChI is InChI=1S/C6H9O4P/c7-5-1-3-6(4-2-5)11(8,9)10/h1-4,7-11H. The van der Waals surface area contributed by atoms with E-state index in [1.54, 1.807) is 0 Å². The number of hydrogen-bond acceptors (Lipinski definition) is 4. The number of phenolic OH excluding ortho intramolecular Hbond substituents is 1. The van der Waals surface area contributed by atoms with Crippen molar-refractivity contribution < 1.29 is 19.8 Å². The summed E-state index contributed by atoms with van der Waals surface area (Å²) in [4.78, 5) is 26.2. The zero-order chi connectivity index (χ0) is 8.48. The molecule has 0 bridgehead atoms. The van der Waals surface area contributed by atoms with Crippen molar-refractivity contribution in [2.45, 2.75) is 0 Å². The van der Waals surface area contributed by atoms with Gasteiger partial charge in [-0.05, 0) is 0 Å². The van der Waals surface area contributed by atoms with Crippen molar-refractivity contribution in [2.75, 3.05) is 0 Å². The van der Waals surface area contributed by atoms with Crippen molar-refractivity contribution in [3.05, 3.63) is 24.3 Å². The molecular weight excluding hydrogens is 167 g/mol. The van der Waals surface area contributed by atoms with Gasteiger partial charge in [-0.15, -0.1) is 0 Å². The molecule has 0 saturated heterocycles. The molecule has 0 aliphatic rings. The van der Waals surface area contributed by atoms with Gasteiger partial charge in [0.25, 0.3) is 0 Å². The molecule has 0 radical (unpaired) electrons.